The Labute approximate surface area is 114 Å². The fourth-order valence-corrected chi connectivity index (χ4v) is 4.14. The van der Waals surface area contributed by atoms with E-state index in [1.54, 1.807) is 38.1 Å². The summed E-state index contributed by atoms with van der Waals surface area (Å²) in [4.78, 5) is 0.0203. The van der Waals surface area contributed by atoms with Crippen LogP contribution in [0.4, 0.5) is 5.69 Å². The van der Waals surface area contributed by atoms with Crippen molar-refractivity contribution in [1.29, 1.82) is 0 Å². The van der Waals surface area contributed by atoms with E-state index >= 15 is 0 Å². The smallest absolute Gasteiger partial charge is 0.244 e. The van der Waals surface area contributed by atoms with Gasteiger partial charge in [0.05, 0.1) is 10.7 Å². The Hall–Kier alpha value is -1.14. The van der Waals surface area contributed by atoms with Gasteiger partial charge in [0.15, 0.2) is 0 Å². The quantitative estimate of drug-likeness (QED) is 0.811. The van der Waals surface area contributed by atoms with Crippen LogP contribution in [0.15, 0.2) is 30.3 Å². The first-order chi connectivity index (χ1) is 8.45. The molecule has 0 saturated heterocycles. The monoisotopic (exact) mass is 286 g/mol. The SMILES string of the molecule is CCC(C(N)=S)S(=O)(=O)N(CC)c1ccccc1. The summed E-state index contributed by atoms with van der Waals surface area (Å²) in [6.07, 6.45) is 0.376. The molecule has 0 radical (unpaired) electrons. The number of thiocarbonyl (C=S) groups is 1. The van der Waals surface area contributed by atoms with Gasteiger partial charge in [0, 0.05) is 6.54 Å². The summed E-state index contributed by atoms with van der Waals surface area (Å²) in [7, 11) is -3.55. The van der Waals surface area contributed by atoms with Crippen molar-refractivity contribution < 1.29 is 8.42 Å². The molecule has 6 heteroatoms. The lowest BCUT2D eigenvalue weighted by Gasteiger charge is -2.27. The molecule has 18 heavy (non-hydrogen) atoms. The van der Waals surface area contributed by atoms with Gasteiger partial charge in [0.25, 0.3) is 0 Å². The Morgan fingerprint density at radius 3 is 2.28 bits per heavy atom. The lowest BCUT2D eigenvalue weighted by Crippen LogP contribution is -2.44. The van der Waals surface area contributed by atoms with Crippen molar-refractivity contribution in [1.82, 2.24) is 0 Å². The molecule has 0 aliphatic carbocycles. The molecule has 1 rings (SSSR count). The van der Waals surface area contributed by atoms with Crippen LogP contribution in [0.5, 0.6) is 0 Å². The van der Waals surface area contributed by atoms with Gasteiger partial charge in [-0.15, -0.1) is 0 Å². The van der Waals surface area contributed by atoms with Crippen molar-refractivity contribution in [3.8, 4) is 0 Å². The third-order valence-corrected chi connectivity index (χ3v) is 5.51. The molecule has 0 aromatic heterocycles. The van der Waals surface area contributed by atoms with Crippen molar-refractivity contribution in [2.75, 3.05) is 10.8 Å². The number of rotatable bonds is 6. The van der Waals surface area contributed by atoms with Gasteiger partial charge in [-0.3, -0.25) is 4.31 Å². The van der Waals surface area contributed by atoms with E-state index in [1.165, 1.54) is 4.31 Å². The van der Waals surface area contributed by atoms with E-state index in [0.29, 0.717) is 18.7 Å². The van der Waals surface area contributed by atoms with Crippen LogP contribution in [0.1, 0.15) is 20.3 Å². The van der Waals surface area contributed by atoms with Gasteiger partial charge in [-0.1, -0.05) is 37.3 Å². The Balaban J connectivity index is 3.20. The molecule has 4 nitrogen and oxygen atoms in total. The van der Waals surface area contributed by atoms with E-state index in [0.717, 1.165) is 0 Å². The summed E-state index contributed by atoms with van der Waals surface area (Å²) in [6, 6.07) is 8.96. The highest BCUT2D eigenvalue weighted by Crippen LogP contribution is 2.21. The number of hydrogen-bond donors (Lipinski definition) is 1. The predicted octanol–water partition coefficient (Wildman–Crippen LogP) is 1.91. The molecule has 0 fully saturated rings. The number of para-hydroxylation sites is 1. The van der Waals surface area contributed by atoms with Crippen molar-refractivity contribution in [3.63, 3.8) is 0 Å². The first kappa shape index (κ1) is 14.9. The van der Waals surface area contributed by atoms with Crippen LogP contribution in [-0.4, -0.2) is 25.2 Å². The van der Waals surface area contributed by atoms with Gasteiger partial charge in [-0.2, -0.15) is 0 Å². The van der Waals surface area contributed by atoms with Crippen LogP contribution in [0.3, 0.4) is 0 Å². The molecule has 1 aromatic carbocycles. The maximum atomic E-state index is 12.5. The Morgan fingerprint density at radius 2 is 1.89 bits per heavy atom. The number of benzene rings is 1. The Kier molecular flexibility index (Phi) is 5.10. The van der Waals surface area contributed by atoms with Gasteiger partial charge in [0.2, 0.25) is 10.0 Å². The van der Waals surface area contributed by atoms with Gasteiger partial charge >= 0.3 is 0 Å². The third kappa shape index (κ3) is 3.00. The van der Waals surface area contributed by atoms with Gasteiger partial charge in [0.1, 0.15) is 5.25 Å². The molecule has 0 spiro atoms. The number of nitrogens with zero attached hydrogens (tertiary/aromatic N) is 1. The molecular formula is C12H18N2O2S2. The third-order valence-electron chi connectivity index (χ3n) is 2.69. The maximum Gasteiger partial charge on any atom is 0.244 e. The molecule has 1 aromatic rings. The molecule has 0 bridgehead atoms. The average molecular weight is 286 g/mol. The molecule has 0 heterocycles. The molecule has 100 valence electrons. The van der Waals surface area contributed by atoms with Gasteiger partial charge < -0.3 is 5.73 Å². The van der Waals surface area contributed by atoms with E-state index in [4.69, 9.17) is 18.0 Å². The summed E-state index contributed by atoms with van der Waals surface area (Å²) >= 11 is 4.85. The number of hydrogen-bond acceptors (Lipinski definition) is 3. The van der Waals surface area contributed by atoms with Gasteiger partial charge in [-0.25, -0.2) is 8.42 Å². The molecule has 0 saturated carbocycles. The molecule has 0 amide bonds. The number of nitrogens with two attached hydrogens (primary N) is 1. The van der Waals surface area contributed by atoms with Crippen LogP contribution >= 0.6 is 12.2 Å². The minimum Gasteiger partial charge on any atom is -0.392 e. The highest BCUT2D eigenvalue weighted by molar-refractivity contribution is 7.95. The minimum atomic E-state index is -3.55. The van der Waals surface area contributed by atoms with Crippen LogP contribution in [0.2, 0.25) is 0 Å². The van der Waals surface area contributed by atoms with E-state index in [-0.39, 0.29) is 4.99 Å². The minimum absolute atomic E-state index is 0.0203. The highest BCUT2D eigenvalue weighted by atomic mass is 32.2. The topological polar surface area (TPSA) is 63.4 Å². The first-order valence-corrected chi connectivity index (χ1v) is 7.72. The van der Waals surface area contributed by atoms with Crippen molar-refractivity contribution in [3.05, 3.63) is 30.3 Å². The predicted molar refractivity (Wildman–Crippen MR) is 79.2 cm³/mol. The molecule has 1 atom stereocenters. The van der Waals surface area contributed by atoms with Crippen molar-refractivity contribution in [2.24, 2.45) is 5.73 Å². The van der Waals surface area contributed by atoms with Crippen molar-refractivity contribution >= 4 is 32.9 Å². The largest absolute Gasteiger partial charge is 0.392 e. The van der Waals surface area contributed by atoms with Crippen LogP contribution in [0, 0.1) is 0 Å². The van der Waals surface area contributed by atoms with Gasteiger partial charge in [-0.05, 0) is 25.5 Å². The average Bonchev–Trinajstić information content (AvgIpc) is 2.30. The molecule has 0 aliphatic rings. The van der Waals surface area contributed by atoms with E-state index in [1.807, 2.05) is 6.07 Å². The summed E-state index contributed by atoms with van der Waals surface area (Å²) < 4.78 is 26.3. The zero-order valence-electron chi connectivity index (χ0n) is 10.5. The Morgan fingerprint density at radius 1 is 1.33 bits per heavy atom. The lowest BCUT2D eigenvalue weighted by atomic mass is 10.3. The molecule has 0 aliphatic heterocycles. The fraction of sp³-hybridized carbons (Fsp3) is 0.417. The van der Waals surface area contributed by atoms with Crippen LogP contribution < -0.4 is 10.0 Å². The molecular weight excluding hydrogens is 268 g/mol. The zero-order chi connectivity index (χ0) is 13.8. The standard InChI is InChI=1S/C12H18N2O2S2/c1-3-11(12(13)17)18(15,16)14(4-2)10-8-6-5-7-9-10/h5-9,11H,3-4H2,1-2H3,(H2,13,17). The van der Waals surface area contributed by atoms with E-state index in [2.05, 4.69) is 0 Å². The second-order valence-electron chi connectivity index (χ2n) is 3.84. The number of anilines is 1. The van der Waals surface area contributed by atoms with Crippen LogP contribution in [0.25, 0.3) is 0 Å². The summed E-state index contributed by atoms with van der Waals surface area (Å²) in [6.45, 7) is 3.91. The second-order valence-corrected chi connectivity index (χ2v) is 6.36. The van der Waals surface area contributed by atoms with E-state index in [9.17, 15) is 8.42 Å². The molecule has 1 unspecified atom stereocenters. The van der Waals surface area contributed by atoms with Crippen molar-refractivity contribution in [2.45, 2.75) is 25.5 Å². The summed E-state index contributed by atoms with van der Waals surface area (Å²) in [5, 5.41) is -0.812. The normalized spacial score (nSPS) is 13.0. The first-order valence-electron chi connectivity index (χ1n) is 5.81. The molecule has 2 N–H and O–H groups in total. The second kappa shape index (κ2) is 6.15. The zero-order valence-corrected chi connectivity index (χ0v) is 12.2. The Bertz CT molecular complexity index is 500. The summed E-state index contributed by atoms with van der Waals surface area (Å²) in [5.74, 6) is 0. The highest BCUT2D eigenvalue weighted by Gasteiger charge is 2.32. The maximum absolute atomic E-state index is 12.5. The lowest BCUT2D eigenvalue weighted by molar-refractivity contribution is 0.585. The van der Waals surface area contributed by atoms with E-state index < -0.39 is 15.3 Å². The summed E-state index contributed by atoms with van der Waals surface area (Å²) in [5.41, 5.74) is 6.16. The van der Waals surface area contributed by atoms with Crippen LogP contribution in [-0.2, 0) is 10.0 Å². The fourth-order valence-electron chi connectivity index (χ4n) is 1.82. The number of sulfonamides is 1.